The van der Waals surface area contributed by atoms with E-state index in [2.05, 4.69) is 9.88 Å². The van der Waals surface area contributed by atoms with E-state index < -0.39 is 0 Å². The van der Waals surface area contributed by atoms with Crippen molar-refractivity contribution in [2.75, 3.05) is 24.6 Å². The predicted octanol–water partition coefficient (Wildman–Crippen LogP) is 2.19. The molecule has 18 heavy (non-hydrogen) atoms. The van der Waals surface area contributed by atoms with Gasteiger partial charge in [0.15, 0.2) is 11.6 Å². The number of nitrogens with zero attached hydrogens (tertiary/aromatic N) is 2. The van der Waals surface area contributed by atoms with E-state index >= 15 is 0 Å². The summed E-state index contributed by atoms with van der Waals surface area (Å²) in [5.41, 5.74) is 5.75. The SMILES string of the molecule is CCOc1cccnc1N(CCN)C1CCCC1. The van der Waals surface area contributed by atoms with E-state index in [1.165, 1.54) is 25.7 Å². The van der Waals surface area contributed by atoms with Crippen LogP contribution >= 0.6 is 0 Å². The topological polar surface area (TPSA) is 51.4 Å². The minimum absolute atomic E-state index is 0.572. The molecule has 0 radical (unpaired) electrons. The quantitative estimate of drug-likeness (QED) is 0.839. The van der Waals surface area contributed by atoms with Gasteiger partial charge in [-0.25, -0.2) is 4.98 Å². The highest BCUT2D eigenvalue weighted by atomic mass is 16.5. The van der Waals surface area contributed by atoms with Crippen LogP contribution in [0.5, 0.6) is 5.75 Å². The van der Waals surface area contributed by atoms with Crippen molar-refractivity contribution in [3.63, 3.8) is 0 Å². The molecule has 2 N–H and O–H groups in total. The van der Waals surface area contributed by atoms with Gasteiger partial charge in [0.1, 0.15) is 0 Å². The van der Waals surface area contributed by atoms with Gasteiger partial charge in [0, 0.05) is 25.3 Å². The Kier molecular flexibility index (Phi) is 4.81. The third-order valence-electron chi connectivity index (χ3n) is 3.46. The fraction of sp³-hybridized carbons (Fsp3) is 0.643. The standard InChI is InChI=1S/C14H23N3O/c1-2-18-13-8-5-10-16-14(13)17(11-9-15)12-6-3-4-7-12/h5,8,10,12H,2-4,6-7,9,11,15H2,1H3. The highest BCUT2D eigenvalue weighted by Gasteiger charge is 2.25. The Labute approximate surface area is 109 Å². The highest BCUT2D eigenvalue weighted by Crippen LogP contribution is 2.32. The minimum atomic E-state index is 0.572. The molecule has 0 bridgehead atoms. The number of anilines is 1. The van der Waals surface area contributed by atoms with Crippen LogP contribution in [0.2, 0.25) is 0 Å². The lowest BCUT2D eigenvalue weighted by Crippen LogP contribution is -2.38. The lowest BCUT2D eigenvalue weighted by molar-refractivity contribution is 0.338. The van der Waals surface area contributed by atoms with E-state index in [4.69, 9.17) is 10.5 Å². The highest BCUT2D eigenvalue weighted by molar-refractivity contribution is 5.53. The second kappa shape index (κ2) is 6.59. The van der Waals surface area contributed by atoms with Crippen molar-refractivity contribution in [3.8, 4) is 5.75 Å². The van der Waals surface area contributed by atoms with Crippen LogP contribution < -0.4 is 15.4 Å². The number of rotatable bonds is 6. The summed E-state index contributed by atoms with van der Waals surface area (Å²) in [6.45, 7) is 4.17. The molecule has 0 aliphatic heterocycles. The summed E-state index contributed by atoms with van der Waals surface area (Å²) in [6, 6.07) is 4.48. The van der Waals surface area contributed by atoms with E-state index in [1.54, 1.807) is 0 Å². The largest absolute Gasteiger partial charge is 0.490 e. The zero-order valence-corrected chi connectivity index (χ0v) is 11.1. The van der Waals surface area contributed by atoms with Gasteiger partial charge < -0.3 is 15.4 Å². The van der Waals surface area contributed by atoms with Crippen molar-refractivity contribution >= 4 is 5.82 Å². The van der Waals surface area contributed by atoms with Gasteiger partial charge in [-0.05, 0) is 31.9 Å². The Morgan fingerprint density at radius 1 is 1.44 bits per heavy atom. The zero-order chi connectivity index (χ0) is 12.8. The van der Waals surface area contributed by atoms with E-state index in [0.29, 0.717) is 19.2 Å². The van der Waals surface area contributed by atoms with E-state index in [9.17, 15) is 0 Å². The first kappa shape index (κ1) is 13.1. The third kappa shape index (κ3) is 2.93. The van der Waals surface area contributed by atoms with Crippen LogP contribution in [0.15, 0.2) is 18.3 Å². The van der Waals surface area contributed by atoms with Crippen molar-refractivity contribution in [1.29, 1.82) is 0 Å². The Bertz CT molecular complexity index is 364. The van der Waals surface area contributed by atoms with Gasteiger partial charge in [-0.15, -0.1) is 0 Å². The number of nitrogens with two attached hydrogens (primary N) is 1. The number of aromatic nitrogens is 1. The first-order chi connectivity index (χ1) is 8.86. The Hall–Kier alpha value is -1.29. The van der Waals surface area contributed by atoms with Gasteiger partial charge in [0.05, 0.1) is 6.61 Å². The average molecular weight is 249 g/mol. The first-order valence-corrected chi connectivity index (χ1v) is 6.91. The molecule has 0 saturated heterocycles. The zero-order valence-electron chi connectivity index (χ0n) is 11.1. The van der Waals surface area contributed by atoms with Crippen LogP contribution in [0.25, 0.3) is 0 Å². The lowest BCUT2D eigenvalue weighted by Gasteiger charge is -2.30. The molecule has 1 aliphatic rings. The Morgan fingerprint density at radius 3 is 2.89 bits per heavy atom. The van der Waals surface area contributed by atoms with Crippen LogP contribution in [0.4, 0.5) is 5.82 Å². The summed E-state index contributed by atoms with van der Waals surface area (Å²) in [4.78, 5) is 6.84. The second-order valence-corrected chi connectivity index (χ2v) is 4.68. The normalized spacial score (nSPS) is 15.9. The molecule has 0 amide bonds. The number of hydrogen-bond acceptors (Lipinski definition) is 4. The number of hydrogen-bond donors (Lipinski definition) is 1. The number of pyridine rings is 1. The molecule has 4 heteroatoms. The van der Waals surface area contributed by atoms with E-state index in [0.717, 1.165) is 18.1 Å². The van der Waals surface area contributed by atoms with Crippen molar-refractivity contribution in [2.45, 2.75) is 38.6 Å². The fourth-order valence-corrected chi connectivity index (χ4v) is 2.68. The van der Waals surface area contributed by atoms with Crippen LogP contribution in [0, 0.1) is 0 Å². The van der Waals surface area contributed by atoms with Crippen molar-refractivity contribution < 1.29 is 4.74 Å². The monoisotopic (exact) mass is 249 g/mol. The molecule has 1 aliphatic carbocycles. The Morgan fingerprint density at radius 2 is 2.22 bits per heavy atom. The Balaban J connectivity index is 2.23. The molecular formula is C14H23N3O. The van der Waals surface area contributed by atoms with Gasteiger partial charge in [0.2, 0.25) is 0 Å². The van der Waals surface area contributed by atoms with Gasteiger partial charge in [0.25, 0.3) is 0 Å². The lowest BCUT2D eigenvalue weighted by atomic mass is 10.2. The smallest absolute Gasteiger partial charge is 0.171 e. The second-order valence-electron chi connectivity index (χ2n) is 4.68. The van der Waals surface area contributed by atoms with Crippen LogP contribution in [-0.4, -0.2) is 30.7 Å². The molecule has 1 fully saturated rings. The molecule has 0 atom stereocenters. The molecule has 0 aromatic carbocycles. The van der Waals surface area contributed by atoms with E-state index in [1.807, 2.05) is 25.3 Å². The summed E-state index contributed by atoms with van der Waals surface area (Å²) in [6.07, 6.45) is 6.92. The van der Waals surface area contributed by atoms with Gasteiger partial charge in [-0.1, -0.05) is 12.8 Å². The molecule has 1 aromatic rings. The predicted molar refractivity (Wildman–Crippen MR) is 74.1 cm³/mol. The molecular weight excluding hydrogens is 226 g/mol. The molecule has 2 rings (SSSR count). The average Bonchev–Trinajstić information content (AvgIpc) is 2.91. The molecule has 0 unspecified atom stereocenters. The maximum atomic E-state index is 5.75. The van der Waals surface area contributed by atoms with Crippen molar-refractivity contribution in [1.82, 2.24) is 4.98 Å². The van der Waals surface area contributed by atoms with Crippen molar-refractivity contribution in [2.24, 2.45) is 5.73 Å². The first-order valence-electron chi connectivity index (χ1n) is 6.91. The number of ether oxygens (including phenoxy) is 1. The van der Waals surface area contributed by atoms with E-state index in [-0.39, 0.29) is 0 Å². The summed E-state index contributed by atoms with van der Waals surface area (Å²) in [5, 5.41) is 0. The molecule has 4 nitrogen and oxygen atoms in total. The van der Waals surface area contributed by atoms with Crippen LogP contribution in [0.1, 0.15) is 32.6 Å². The van der Waals surface area contributed by atoms with Gasteiger partial charge in [-0.3, -0.25) is 0 Å². The van der Waals surface area contributed by atoms with Crippen LogP contribution in [-0.2, 0) is 0 Å². The van der Waals surface area contributed by atoms with Gasteiger partial charge >= 0.3 is 0 Å². The molecule has 0 spiro atoms. The maximum Gasteiger partial charge on any atom is 0.171 e. The summed E-state index contributed by atoms with van der Waals surface area (Å²) in [7, 11) is 0. The van der Waals surface area contributed by atoms with Crippen molar-refractivity contribution in [3.05, 3.63) is 18.3 Å². The molecule has 1 aromatic heterocycles. The third-order valence-corrected chi connectivity index (χ3v) is 3.46. The molecule has 1 heterocycles. The summed E-state index contributed by atoms with van der Waals surface area (Å²) in [5.74, 6) is 1.83. The van der Waals surface area contributed by atoms with Gasteiger partial charge in [-0.2, -0.15) is 0 Å². The fourth-order valence-electron chi connectivity index (χ4n) is 2.68. The maximum absolute atomic E-state index is 5.75. The molecule has 100 valence electrons. The summed E-state index contributed by atoms with van der Waals surface area (Å²) < 4.78 is 5.68. The minimum Gasteiger partial charge on any atom is -0.490 e. The molecule has 1 saturated carbocycles. The summed E-state index contributed by atoms with van der Waals surface area (Å²) >= 11 is 0. The van der Waals surface area contributed by atoms with Crippen LogP contribution in [0.3, 0.4) is 0 Å².